The van der Waals surface area contributed by atoms with E-state index in [9.17, 15) is 4.79 Å². The van der Waals surface area contributed by atoms with Gasteiger partial charge in [0.15, 0.2) is 0 Å². The smallest absolute Gasteiger partial charge is 0.310 e. The SMILES string of the molecule is CC(C)(C)OC(=O)C1CCCC1c1ncc(Br)[nH]1. The molecule has 5 heteroatoms. The molecule has 1 fully saturated rings. The second kappa shape index (κ2) is 5.03. The first-order valence-electron chi connectivity index (χ1n) is 6.30. The van der Waals surface area contributed by atoms with Gasteiger partial charge in [-0.15, -0.1) is 0 Å². The molecule has 18 heavy (non-hydrogen) atoms. The molecule has 1 aromatic heterocycles. The molecule has 100 valence electrons. The van der Waals surface area contributed by atoms with Crippen molar-refractivity contribution in [3.05, 3.63) is 16.6 Å². The number of halogens is 1. The number of ether oxygens (including phenoxy) is 1. The Morgan fingerprint density at radius 1 is 1.50 bits per heavy atom. The summed E-state index contributed by atoms with van der Waals surface area (Å²) in [6.07, 6.45) is 4.66. The van der Waals surface area contributed by atoms with Gasteiger partial charge in [0, 0.05) is 5.92 Å². The lowest BCUT2D eigenvalue weighted by atomic mass is 9.95. The molecule has 0 amide bonds. The summed E-state index contributed by atoms with van der Waals surface area (Å²) in [4.78, 5) is 19.7. The number of hydrogen-bond donors (Lipinski definition) is 1. The number of H-pyrrole nitrogens is 1. The van der Waals surface area contributed by atoms with Crippen molar-refractivity contribution in [3.63, 3.8) is 0 Å². The van der Waals surface area contributed by atoms with Crippen LogP contribution >= 0.6 is 15.9 Å². The maximum Gasteiger partial charge on any atom is 0.310 e. The summed E-state index contributed by atoms with van der Waals surface area (Å²) in [5.41, 5.74) is -0.423. The second-order valence-corrected chi connectivity index (χ2v) is 6.65. The monoisotopic (exact) mass is 314 g/mol. The van der Waals surface area contributed by atoms with E-state index in [0.29, 0.717) is 0 Å². The van der Waals surface area contributed by atoms with Gasteiger partial charge in [0.1, 0.15) is 16.0 Å². The second-order valence-electron chi connectivity index (χ2n) is 5.79. The number of aromatic amines is 1. The number of nitrogens with one attached hydrogen (secondary N) is 1. The van der Waals surface area contributed by atoms with Gasteiger partial charge in [0.2, 0.25) is 0 Å². The summed E-state index contributed by atoms with van der Waals surface area (Å²) in [6, 6.07) is 0. The van der Waals surface area contributed by atoms with Gasteiger partial charge < -0.3 is 9.72 Å². The van der Waals surface area contributed by atoms with E-state index in [2.05, 4.69) is 25.9 Å². The number of hydrogen-bond acceptors (Lipinski definition) is 3. The normalized spacial score (nSPS) is 24.2. The summed E-state index contributed by atoms with van der Waals surface area (Å²) in [7, 11) is 0. The lowest BCUT2D eigenvalue weighted by Gasteiger charge is -2.24. The number of esters is 1. The van der Waals surface area contributed by atoms with Crippen LogP contribution in [0.25, 0.3) is 0 Å². The maximum atomic E-state index is 12.2. The molecule has 2 atom stereocenters. The molecule has 0 radical (unpaired) electrons. The number of carbonyl (C=O) groups is 1. The number of rotatable bonds is 2. The lowest BCUT2D eigenvalue weighted by Crippen LogP contribution is -2.30. The van der Waals surface area contributed by atoms with Crippen LogP contribution in [0.15, 0.2) is 10.8 Å². The van der Waals surface area contributed by atoms with Crippen molar-refractivity contribution >= 4 is 21.9 Å². The van der Waals surface area contributed by atoms with Crippen LogP contribution < -0.4 is 0 Å². The van der Waals surface area contributed by atoms with Crippen molar-refractivity contribution in [2.24, 2.45) is 5.92 Å². The first-order chi connectivity index (χ1) is 8.37. The Balaban J connectivity index is 2.10. The third-order valence-corrected chi connectivity index (χ3v) is 3.54. The third-order valence-electron chi connectivity index (χ3n) is 3.14. The highest BCUT2D eigenvalue weighted by Gasteiger charge is 2.38. The molecule has 1 aromatic rings. The van der Waals surface area contributed by atoms with E-state index in [0.717, 1.165) is 29.7 Å². The Bertz CT molecular complexity index is 436. The fourth-order valence-electron chi connectivity index (χ4n) is 2.45. The van der Waals surface area contributed by atoms with Crippen molar-refractivity contribution in [2.75, 3.05) is 0 Å². The molecule has 4 nitrogen and oxygen atoms in total. The van der Waals surface area contributed by atoms with Crippen LogP contribution in [-0.4, -0.2) is 21.5 Å². The molecular formula is C13H19BrN2O2. The van der Waals surface area contributed by atoms with Crippen LogP contribution in [0.3, 0.4) is 0 Å². The zero-order valence-corrected chi connectivity index (χ0v) is 12.6. The largest absolute Gasteiger partial charge is 0.460 e. The van der Waals surface area contributed by atoms with E-state index < -0.39 is 5.60 Å². The van der Waals surface area contributed by atoms with E-state index in [1.165, 1.54) is 0 Å². The zero-order chi connectivity index (χ0) is 13.3. The molecule has 0 spiro atoms. The summed E-state index contributed by atoms with van der Waals surface area (Å²) < 4.78 is 6.34. The van der Waals surface area contributed by atoms with Gasteiger partial charge >= 0.3 is 5.97 Å². The molecule has 1 aliphatic rings. The topological polar surface area (TPSA) is 55.0 Å². The molecule has 1 saturated carbocycles. The van der Waals surface area contributed by atoms with Crippen LogP contribution in [0.4, 0.5) is 0 Å². The minimum atomic E-state index is -0.423. The predicted octanol–water partition coefficient (Wildman–Crippen LogP) is 3.40. The Kier molecular flexibility index (Phi) is 3.80. The van der Waals surface area contributed by atoms with Crippen LogP contribution in [0.1, 0.15) is 51.8 Å². The summed E-state index contributed by atoms with van der Waals surface area (Å²) >= 11 is 3.35. The first-order valence-corrected chi connectivity index (χ1v) is 7.09. The summed E-state index contributed by atoms with van der Waals surface area (Å²) in [5.74, 6) is 0.876. The molecule has 0 bridgehead atoms. The predicted molar refractivity (Wildman–Crippen MR) is 72.2 cm³/mol. The Morgan fingerprint density at radius 2 is 2.22 bits per heavy atom. The van der Waals surface area contributed by atoms with Crippen LogP contribution in [0.2, 0.25) is 0 Å². The van der Waals surface area contributed by atoms with Crippen LogP contribution in [0.5, 0.6) is 0 Å². The minimum Gasteiger partial charge on any atom is -0.460 e. The quantitative estimate of drug-likeness (QED) is 0.851. The number of nitrogens with zero attached hydrogens (tertiary/aromatic N) is 1. The lowest BCUT2D eigenvalue weighted by molar-refractivity contribution is -0.160. The van der Waals surface area contributed by atoms with Crippen molar-refractivity contribution in [3.8, 4) is 0 Å². The molecule has 2 rings (SSSR count). The molecule has 0 aliphatic heterocycles. The van der Waals surface area contributed by atoms with Crippen molar-refractivity contribution < 1.29 is 9.53 Å². The third kappa shape index (κ3) is 3.13. The van der Waals surface area contributed by atoms with Gasteiger partial charge in [-0.25, -0.2) is 4.98 Å². The van der Waals surface area contributed by atoms with E-state index in [1.54, 1.807) is 6.20 Å². The molecule has 0 saturated heterocycles. The Hall–Kier alpha value is -0.840. The first kappa shape index (κ1) is 13.6. The highest BCUT2D eigenvalue weighted by atomic mass is 79.9. The Labute approximate surface area is 116 Å². The molecule has 0 aromatic carbocycles. The van der Waals surface area contributed by atoms with Gasteiger partial charge in [-0.05, 0) is 49.5 Å². The number of aromatic nitrogens is 2. The zero-order valence-electron chi connectivity index (χ0n) is 11.0. The number of imidazole rings is 1. The average molecular weight is 315 g/mol. The van der Waals surface area contributed by atoms with Crippen molar-refractivity contribution in [1.82, 2.24) is 9.97 Å². The van der Waals surface area contributed by atoms with Crippen LogP contribution in [0, 0.1) is 5.92 Å². The average Bonchev–Trinajstić information content (AvgIpc) is 2.81. The van der Waals surface area contributed by atoms with Gasteiger partial charge in [0.05, 0.1) is 12.1 Å². The van der Waals surface area contributed by atoms with Crippen molar-refractivity contribution in [1.29, 1.82) is 0 Å². The Morgan fingerprint density at radius 3 is 2.78 bits per heavy atom. The summed E-state index contributed by atoms with van der Waals surface area (Å²) in [6.45, 7) is 5.70. The molecular weight excluding hydrogens is 296 g/mol. The van der Waals surface area contributed by atoms with Gasteiger partial charge in [-0.2, -0.15) is 0 Å². The maximum absolute atomic E-state index is 12.2. The fraction of sp³-hybridized carbons (Fsp3) is 0.692. The van der Waals surface area contributed by atoms with Crippen molar-refractivity contribution in [2.45, 2.75) is 51.6 Å². The van der Waals surface area contributed by atoms with Gasteiger partial charge in [0.25, 0.3) is 0 Å². The molecule has 1 heterocycles. The standard InChI is InChI=1S/C13H19BrN2O2/c1-13(2,3)18-12(17)9-6-4-5-8(9)11-15-7-10(14)16-11/h7-9H,4-6H2,1-3H3,(H,15,16). The van der Waals surface area contributed by atoms with E-state index >= 15 is 0 Å². The van der Waals surface area contributed by atoms with E-state index in [-0.39, 0.29) is 17.8 Å². The highest BCUT2D eigenvalue weighted by molar-refractivity contribution is 9.10. The number of carbonyl (C=O) groups excluding carboxylic acids is 1. The molecule has 1 N–H and O–H groups in total. The fourth-order valence-corrected chi connectivity index (χ4v) is 2.75. The minimum absolute atomic E-state index is 0.0673. The molecule has 1 aliphatic carbocycles. The van der Waals surface area contributed by atoms with Gasteiger partial charge in [-0.1, -0.05) is 6.42 Å². The van der Waals surface area contributed by atoms with Gasteiger partial charge in [-0.3, -0.25) is 4.79 Å². The highest BCUT2D eigenvalue weighted by Crippen LogP contribution is 2.39. The van der Waals surface area contributed by atoms with E-state index in [4.69, 9.17) is 4.74 Å². The van der Waals surface area contributed by atoms with E-state index in [1.807, 2.05) is 20.8 Å². The summed E-state index contributed by atoms with van der Waals surface area (Å²) in [5, 5.41) is 0. The van der Waals surface area contributed by atoms with Crippen LogP contribution in [-0.2, 0) is 9.53 Å². The molecule has 2 unspecified atom stereocenters.